The average molecular weight is 568 g/mol. The summed E-state index contributed by atoms with van der Waals surface area (Å²) in [5.41, 5.74) is -4.41. The Kier molecular flexibility index (Phi) is 6.17. The number of fused-ring (bicyclic) bond motifs is 3. The lowest BCUT2D eigenvalue weighted by molar-refractivity contribution is -0.228. The minimum absolute atomic E-state index is 0.0553. The molecular weight excluding hydrogens is 531 g/mol. The first-order valence-corrected chi connectivity index (χ1v) is 13.4. The number of amides is 1. The molecule has 3 aliphatic rings. The van der Waals surface area contributed by atoms with Gasteiger partial charge < -0.3 is 14.9 Å². The van der Waals surface area contributed by atoms with Crippen molar-refractivity contribution in [3.05, 3.63) is 65.0 Å². The number of hydrogen-bond acceptors (Lipinski definition) is 3. The van der Waals surface area contributed by atoms with Gasteiger partial charge >= 0.3 is 12.1 Å². The van der Waals surface area contributed by atoms with Crippen LogP contribution in [0.2, 0.25) is 0 Å². The molecule has 0 bridgehead atoms. The summed E-state index contributed by atoms with van der Waals surface area (Å²) in [5.74, 6) is -2.55. The van der Waals surface area contributed by atoms with Crippen molar-refractivity contribution in [3.63, 3.8) is 0 Å². The van der Waals surface area contributed by atoms with E-state index >= 15 is 4.39 Å². The molecule has 0 radical (unpaired) electrons. The zero-order valence-electron chi connectivity index (χ0n) is 25.0. The first-order valence-electron chi connectivity index (χ1n) is 14.9. The molecule has 40 heavy (non-hydrogen) atoms. The number of likely N-dealkylation sites (N-methyl/N-ethyl adjacent to an activating group) is 1. The third-order valence-electron chi connectivity index (χ3n) is 9.21. The second-order valence-corrected chi connectivity index (χ2v) is 11.5. The number of benzene rings is 2. The molecule has 2 aliphatic heterocycles. The van der Waals surface area contributed by atoms with Crippen LogP contribution in [0.3, 0.4) is 0 Å². The van der Waals surface area contributed by atoms with Gasteiger partial charge in [-0.2, -0.15) is 13.2 Å². The Balaban J connectivity index is 1.61. The fraction of sp³-hybridized carbons (Fsp3) is 0.533. The van der Waals surface area contributed by atoms with E-state index < -0.39 is 59.5 Å². The zero-order valence-corrected chi connectivity index (χ0v) is 22.0. The summed E-state index contributed by atoms with van der Waals surface area (Å²) in [7, 11) is 0. The van der Waals surface area contributed by atoms with Gasteiger partial charge in [0.2, 0.25) is 11.6 Å². The molecule has 5 nitrogen and oxygen atoms in total. The summed E-state index contributed by atoms with van der Waals surface area (Å²) in [6.45, 7) is -2.43. The number of halogens is 5. The third kappa shape index (κ3) is 4.73. The number of carbonyl (C=O) groups is 2. The topological polar surface area (TPSA) is 60.9 Å². The lowest BCUT2D eigenvalue weighted by Gasteiger charge is -2.48. The summed E-state index contributed by atoms with van der Waals surface area (Å²) >= 11 is 0. The Morgan fingerprint density at radius 1 is 1.05 bits per heavy atom. The SMILES string of the molecule is [2H]C([2H])([2H])N1CC2N(C(=O)C3CCC(C(=O)O)CC3)CCC2(Cc2ccc(F)cc2)c2ccc(C(C)(F)C(F)(F)F)cc21. The smallest absolute Gasteiger partial charge is 0.426 e. The molecule has 0 spiro atoms. The van der Waals surface area contributed by atoms with E-state index in [4.69, 9.17) is 4.11 Å². The number of anilines is 1. The van der Waals surface area contributed by atoms with E-state index in [0.717, 1.165) is 17.0 Å². The highest BCUT2D eigenvalue weighted by molar-refractivity contribution is 5.81. The highest BCUT2D eigenvalue weighted by atomic mass is 19.4. The monoisotopic (exact) mass is 567 g/mol. The number of rotatable bonds is 5. The second-order valence-electron chi connectivity index (χ2n) is 11.5. The van der Waals surface area contributed by atoms with Crippen LogP contribution in [0.1, 0.15) is 59.8 Å². The Labute approximate surface area is 234 Å². The summed E-state index contributed by atoms with van der Waals surface area (Å²) in [6.07, 6.45) is -3.22. The van der Waals surface area contributed by atoms with Crippen molar-refractivity contribution in [2.75, 3.05) is 25.0 Å². The second kappa shape index (κ2) is 10.0. The lowest BCUT2D eigenvalue weighted by Crippen LogP contribution is -2.56. The van der Waals surface area contributed by atoms with Crippen LogP contribution in [0.25, 0.3) is 0 Å². The van der Waals surface area contributed by atoms with Gasteiger partial charge in [0.1, 0.15) is 5.82 Å². The Morgan fingerprint density at radius 3 is 2.30 bits per heavy atom. The van der Waals surface area contributed by atoms with Gasteiger partial charge in [0.05, 0.1) is 12.0 Å². The van der Waals surface area contributed by atoms with Crippen LogP contribution in [0, 0.1) is 17.7 Å². The van der Waals surface area contributed by atoms with E-state index in [1.807, 2.05) is 0 Å². The molecular formula is C30H33F5N2O3. The van der Waals surface area contributed by atoms with Gasteiger partial charge in [-0.3, -0.25) is 9.59 Å². The quantitative estimate of drug-likeness (QED) is 0.451. The maximum absolute atomic E-state index is 15.1. The van der Waals surface area contributed by atoms with Gasteiger partial charge in [-0.25, -0.2) is 8.78 Å². The number of carbonyl (C=O) groups excluding carboxylic acids is 1. The van der Waals surface area contributed by atoms with E-state index in [2.05, 4.69) is 0 Å². The molecule has 3 atom stereocenters. The summed E-state index contributed by atoms with van der Waals surface area (Å²) < 4.78 is 94.6. The molecule has 3 unspecified atom stereocenters. The molecule has 1 amide bonds. The van der Waals surface area contributed by atoms with E-state index in [0.29, 0.717) is 50.2 Å². The van der Waals surface area contributed by atoms with Crippen LogP contribution in [0.5, 0.6) is 0 Å². The van der Waals surface area contributed by atoms with Crippen molar-refractivity contribution >= 4 is 17.6 Å². The van der Waals surface area contributed by atoms with Crippen LogP contribution in [-0.4, -0.2) is 54.2 Å². The molecule has 2 aromatic rings. The molecule has 10 heteroatoms. The van der Waals surface area contributed by atoms with Crippen molar-refractivity contribution in [2.45, 2.75) is 68.8 Å². The van der Waals surface area contributed by atoms with Gasteiger partial charge in [-0.15, -0.1) is 0 Å². The van der Waals surface area contributed by atoms with Crippen LogP contribution < -0.4 is 4.90 Å². The van der Waals surface area contributed by atoms with E-state index in [9.17, 15) is 32.3 Å². The van der Waals surface area contributed by atoms with Crippen LogP contribution in [-0.2, 0) is 27.1 Å². The van der Waals surface area contributed by atoms with Gasteiger partial charge in [-0.05, 0) is 74.8 Å². The summed E-state index contributed by atoms with van der Waals surface area (Å²) in [5, 5.41) is 9.37. The predicted octanol–water partition coefficient (Wildman–Crippen LogP) is 5.99. The minimum Gasteiger partial charge on any atom is -0.481 e. The number of aliphatic carboxylic acids is 1. The third-order valence-corrected chi connectivity index (χ3v) is 9.21. The molecule has 2 heterocycles. The highest BCUT2D eigenvalue weighted by Gasteiger charge is 2.57. The van der Waals surface area contributed by atoms with Crippen LogP contribution in [0.4, 0.5) is 27.6 Å². The molecule has 1 saturated carbocycles. The summed E-state index contributed by atoms with van der Waals surface area (Å²) in [4.78, 5) is 28.0. The minimum atomic E-state index is -5.24. The van der Waals surface area contributed by atoms with Gasteiger partial charge in [0, 0.05) is 46.8 Å². The van der Waals surface area contributed by atoms with Crippen molar-refractivity contribution in [3.8, 4) is 0 Å². The Hall–Kier alpha value is -3.17. The molecule has 2 fully saturated rings. The predicted molar refractivity (Wildman–Crippen MR) is 139 cm³/mol. The molecule has 5 rings (SSSR count). The van der Waals surface area contributed by atoms with E-state index in [1.54, 1.807) is 17.0 Å². The number of hydrogen-bond donors (Lipinski definition) is 1. The zero-order chi connectivity index (χ0) is 31.5. The maximum atomic E-state index is 15.1. The fourth-order valence-electron chi connectivity index (χ4n) is 6.78. The standard InChI is InChI=1S/C30H33F5N2O3/c1-28(32,30(33,34)35)21-9-12-23-24(15-21)36(2)17-25-29(23,16-18-3-10-22(31)11-4-18)13-14-37(25)26(38)19-5-7-20(8-6-19)27(39)40/h3-4,9-12,15,19-20,25H,5-8,13-14,16-17H2,1-2H3,(H,39,40)/i2D3. The van der Waals surface area contributed by atoms with E-state index in [1.165, 1.54) is 18.2 Å². The van der Waals surface area contributed by atoms with Crippen molar-refractivity contribution in [2.24, 2.45) is 11.8 Å². The normalized spacial score (nSPS) is 29.4. The summed E-state index contributed by atoms with van der Waals surface area (Å²) in [6, 6.07) is 8.32. The van der Waals surface area contributed by atoms with Gasteiger partial charge in [-0.1, -0.05) is 24.3 Å². The Bertz CT molecular complexity index is 1390. The Morgan fingerprint density at radius 2 is 1.70 bits per heavy atom. The van der Waals surface area contributed by atoms with Crippen LogP contribution >= 0.6 is 0 Å². The average Bonchev–Trinajstić information content (AvgIpc) is 3.31. The molecule has 2 aromatic carbocycles. The highest BCUT2D eigenvalue weighted by Crippen LogP contribution is 2.52. The van der Waals surface area contributed by atoms with Crippen LogP contribution in [0.15, 0.2) is 42.5 Å². The molecule has 0 aromatic heterocycles. The fourth-order valence-corrected chi connectivity index (χ4v) is 6.78. The molecule has 1 aliphatic carbocycles. The molecule has 1 saturated heterocycles. The number of carboxylic acid groups (broad SMARTS) is 1. The molecule has 216 valence electrons. The molecule has 1 N–H and O–H groups in total. The van der Waals surface area contributed by atoms with Gasteiger partial charge in [0.15, 0.2) is 0 Å². The van der Waals surface area contributed by atoms with Crippen molar-refractivity contribution in [1.29, 1.82) is 0 Å². The number of nitrogens with zero attached hydrogens (tertiary/aromatic N) is 2. The lowest BCUT2D eigenvalue weighted by atomic mass is 9.66. The first kappa shape index (κ1) is 24.6. The van der Waals surface area contributed by atoms with Gasteiger partial charge in [0.25, 0.3) is 0 Å². The van der Waals surface area contributed by atoms with Crippen molar-refractivity contribution in [1.82, 2.24) is 4.90 Å². The first-order chi connectivity index (χ1) is 20.0. The number of alkyl halides is 4. The largest absolute Gasteiger partial charge is 0.481 e. The van der Waals surface area contributed by atoms with E-state index in [-0.39, 0.29) is 31.1 Å². The number of carboxylic acids is 1. The maximum Gasteiger partial charge on any atom is 0.426 e. The van der Waals surface area contributed by atoms with Crippen molar-refractivity contribution < 1.29 is 40.8 Å². The number of likely N-dealkylation sites (tertiary alicyclic amines) is 1.